The number of hydrogen-bond acceptors (Lipinski definition) is 5. The largest absolute Gasteiger partial charge is 0.494 e. The van der Waals surface area contributed by atoms with E-state index in [1.165, 1.54) is 11.3 Å². The van der Waals surface area contributed by atoms with Crippen LogP contribution in [-0.2, 0) is 0 Å². The zero-order chi connectivity index (χ0) is 24.1. The zero-order valence-electron chi connectivity index (χ0n) is 19.7. The molecule has 0 radical (unpaired) electrons. The molecule has 6 nitrogen and oxygen atoms in total. The highest BCUT2D eigenvalue weighted by Gasteiger charge is 2.29. The van der Waals surface area contributed by atoms with Crippen molar-refractivity contribution in [3.8, 4) is 11.4 Å². The molecule has 1 unspecified atom stereocenters. The summed E-state index contributed by atoms with van der Waals surface area (Å²) in [6, 6.07) is 18.2. The fourth-order valence-electron chi connectivity index (χ4n) is 4.20. The van der Waals surface area contributed by atoms with Crippen molar-refractivity contribution < 1.29 is 9.53 Å². The van der Waals surface area contributed by atoms with E-state index in [4.69, 9.17) is 9.72 Å². The SMILES string of the molecule is CCCN(C(=O)c1cccs1)C(CC)c1nc2ccccc2c(=O)n1-c1ccc(OCC)cc1. The van der Waals surface area contributed by atoms with Crippen LogP contribution in [0.5, 0.6) is 5.75 Å². The van der Waals surface area contributed by atoms with Gasteiger partial charge >= 0.3 is 0 Å². The van der Waals surface area contributed by atoms with E-state index in [1.807, 2.05) is 78.7 Å². The van der Waals surface area contributed by atoms with Crippen LogP contribution in [0.25, 0.3) is 16.6 Å². The van der Waals surface area contributed by atoms with E-state index in [0.717, 1.165) is 12.2 Å². The standard InChI is InChI=1S/C27H29N3O3S/c1-4-17-29(27(32)24-12-9-18-34-24)23(5-2)25-28-22-11-8-7-10-21(22)26(31)30(25)19-13-15-20(16-14-19)33-6-3/h7-16,18,23H,4-6,17H2,1-3H3. The predicted octanol–water partition coefficient (Wildman–Crippen LogP) is 5.85. The number of benzene rings is 2. The number of aromatic nitrogens is 2. The maximum Gasteiger partial charge on any atom is 0.266 e. The van der Waals surface area contributed by atoms with Crippen LogP contribution in [0.4, 0.5) is 0 Å². The Morgan fingerprint density at radius 2 is 1.82 bits per heavy atom. The normalized spacial score (nSPS) is 12.0. The lowest BCUT2D eigenvalue weighted by atomic mass is 10.1. The molecule has 1 atom stereocenters. The van der Waals surface area contributed by atoms with Crippen molar-refractivity contribution in [1.29, 1.82) is 0 Å². The first-order valence-corrected chi connectivity index (χ1v) is 12.6. The quantitative estimate of drug-likeness (QED) is 0.305. The number of ether oxygens (including phenoxy) is 1. The highest BCUT2D eigenvalue weighted by molar-refractivity contribution is 7.12. The molecule has 0 spiro atoms. The van der Waals surface area contributed by atoms with Crippen molar-refractivity contribution in [2.75, 3.05) is 13.2 Å². The van der Waals surface area contributed by atoms with Crippen molar-refractivity contribution >= 4 is 28.1 Å². The number of carbonyl (C=O) groups excluding carboxylic acids is 1. The molecule has 4 rings (SSSR count). The Hall–Kier alpha value is -3.45. The fourth-order valence-corrected chi connectivity index (χ4v) is 4.88. The molecule has 34 heavy (non-hydrogen) atoms. The van der Waals surface area contributed by atoms with E-state index < -0.39 is 0 Å². The summed E-state index contributed by atoms with van der Waals surface area (Å²) in [5, 5.41) is 2.45. The number of fused-ring (bicyclic) bond motifs is 1. The van der Waals surface area contributed by atoms with Gasteiger partial charge in [0, 0.05) is 6.54 Å². The summed E-state index contributed by atoms with van der Waals surface area (Å²) in [5.74, 6) is 1.26. The average Bonchev–Trinajstić information content (AvgIpc) is 3.40. The Balaban J connectivity index is 1.92. The topological polar surface area (TPSA) is 64.4 Å². The van der Waals surface area contributed by atoms with Gasteiger partial charge in [0.1, 0.15) is 11.6 Å². The molecule has 2 aromatic heterocycles. The molecule has 0 aliphatic carbocycles. The van der Waals surface area contributed by atoms with E-state index in [2.05, 4.69) is 6.92 Å². The van der Waals surface area contributed by atoms with Crippen LogP contribution in [-0.4, -0.2) is 33.5 Å². The summed E-state index contributed by atoms with van der Waals surface area (Å²) >= 11 is 1.43. The van der Waals surface area contributed by atoms with Crippen LogP contribution in [0.15, 0.2) is 70.8 Å². The third-order valence-electron chi connectivity index (χ3n) is 5.73. The van der Waals surface area contributed by atoms with Gasteiger partial charge < -0.3 is 9.64 Å². The summed E-state index contributed by atoms with van der Waals surface area (Å²) in [4.78, 5) is 34.7. The summed E-state index contributed by atoms with van der Waals surface area (Å²) in [5.41, 5.74) is 1.17. The smallest absolute Gasteiger partial charge is 0.266 e. The van der Waals surface area contributed by atoms with Gasteiger partial charge in [-0.2, -0.15) is 0 Å². The molecule has 2 heterocycles. The Bertz CT molecular complexity index is 1310. The van der Waals surface area contributed by atoms with Crippen molar-refractivity contribution in [2.45, 2.75) is 39.7 Å². The third kappa shape index (κ3) is 4.61. The molecule has 2 aromatic carbocycles. The van der Waals surface area contributed by atoms with E-state index in [0.29, 0.717) is 46.9 Å². The van der Waals surface area contributed by atoms with Gasteiger partial charge in [0.15, 0.2) is 0 Å². The summed E-state index contributed by atoms with van der Waals surface area (Å²) < 4.78 is 7.23. The summed E-state index contributed by atoms with van der Waals surface area (Å²) in [6.07, 6.45) is 1.42. The molecule has 4 aromatic rings. The number of amides is 1. The van der Waals surface area contributed by atoms with Crippen LogP contribution < -0.4 is 10.3 Å². The lowest BCUT2D eigenvalue weighted by Crippen LogP contribution is -2.38. The molecule has 7 heteroatoms. The highest BCUT2D eigenvalue weighted by Crippen LogP contribution is 2.29. The number of para-hydroxylation sites is 1. The average molecular weight is 476 g/mol. The Kier molecular flexibility index (Phi) is 7.43. The van der Waals surface area contributed by atoms with Crippen LogP contribution >= 0.6 is 11.3 Å². The third-order valence-corrected chi connectivity index (χ3v) is 6.58. The van der Waals surface area contributed by atoms with E-state index >= 15 is 0 Å². The Morgan fingerprint density at radius 3 is 2.47 bits per heavy atom. The fraction of sp³-hybridized carbons (Fsp3) is 0.296. The second-order valence-electron chi connectivity index (χ2n) is 7.95. The number of nitrogens with zero attached hydrogens (tertiary/aromatic N) is 3. The first-order valence-electron chi connectivity index (χ1n) is 11.7. The Labute approximate surface area is 203 Å². The Morgan fingerprint density at radius 1 is 1.06 bits per heavy atom. The molecule has 0 saturated carbocycles. The van der Waals surface area contributed by atoms with Gasteiger partial charge in [-0.15, -0.1) is 11.3 Å². The van der Waals surface area contributed by atoms with Crippen LogP contribution in [0, 0.1) is 0 Å². The second kappa shape index (κ2) is 10.7. The number of rotatable bonds is 9. The molecule has 0 aliphatic heterocycles. The maximum absolute atomic E-state index is 13.8. The van der Waals surface area contributed by atoms with Gasteiger partial charge in [0.25, 0.3) is 11.5 Å². The lowest BCUT2D eigenvalue weighted by Gasteiger charge is -2.32. The van der Waals surface area contributed by atoms with Crippen molar-refractivity contribution in [3.05, 3.63) is 87.1 Å². The predicted molar refractivity (Wildman–Crippen MR) is 137 cm³/mol. The first kappa shape index (κ1) is 23.7. The molecular weight excluding hydrogens is 446 g/mol. The van der Waals surface area contributed by atoms with Crippen molar-refractivity contribution in [1.82, 2.24) is 14.5 Å². The number of hydrogen-bond donors (Lipinski definition) is 0. The number of thiophene rings is 1. The maximum atomic E-state index is 13.8. The molecule has 0 bridgehead atoms. The molecule has 0 saturated heterocycles. The number of carbonyl (C=O) groups is 1. The van der Waals surface area contributed by atoms with Gasteiger partial charge in [-0.3, -0.25) is 14.2 Å². The minimum absolute atomic E-state index is 0.0376. The minimum Gasteiger partial charge on any atom is -0.494 e. The van der Waals surface area contributed by atoms with E-state index in [-0.39, 0.29) is 17.5 Å². The zero-order valence-corrected chi connectivity index (χ0v) is 20.5. The summed E-state index contributed by atoms with van der Waals surface area (Å²) in [7, 11) is 0. The molecular formula is C27H29N3O3S. The minimum atomic E-state index is -0.363. The van der Waals surface area contributed by atoms with Crippen molar-refractivity contribution in [3.63, 3.8) is 0 Å². The first-order chi connectivity index (χ1) is 16.6. The molecule has 0 N–H and O–H groups in total. The van der Waals surface area contributed by atoms with Gasteiger partial charge in [0.2, 0.25) is 0 Å². The van der Waals surface area contributed by atoms with Gasteiger partial charge in [0.05, 0.1) is 34.1 Å². The van der Waals surface area contributed by atoms with Gasteiger partial charge in [-0.05, 0) is 67.6 Å². The summed E-state index contributed by atoms with van der Waals surface area (Å²) in [6.45, 7) is 7.15. The molecule has 1 amide bonds. The molecule has 176 valence electrons. The molecule has 0 fully saturated rings. The van der Waals surface area contributed by atoms with E-state index in [1.54, 1.807) is 10.6 Å². The van der Waals surface area contributed by atoms with Crippen LogP contribution in [0.2, 0.25) is 0 Å². The second-order valence-corrected chi connectivity index (χ2v) is 8.90. The lowest BCUT2D eigenvalue weighted by molar-refractivity contribution is 0.0664. The van der Waals surface area contributed by atoms with E-state index in [9.17, 15) is 9.59 Å². The monoisotopic (exact) mass is 475 g/mol. The van der Waals surface area contributed by atoms with Gasteiger partial charge in [-0.25, -0.2) is 4.98 Å². The van der Waals surface area contributed by atoms with Crippen LogP contribution in [0.3, 0.4) is 0 Å². The van der Waals surface area contributed by atoms with Crippen LogP contribution in [0.1, 0.15) is 55.2 Å². The van der Waals surface area contributed by atoms with Crippen molar-refractivity contribution in [2.24, 2.45) is 0 Å². The molecule has 0 aliphatic rings. The highest BCUT2D eigenvalue weighted by atomic mass is 32.1. The van der Waals surface area contributed by atoms with Gasteiger partial charge in [-0.1, -0.05) is 32.0 Å².